The summed E-state index contributed by atoms with van der Waals surface area (Å²) in [6, 6.07) is 16.7. The fourth-order valence-electron chi connectivity index (χ4n) is 5.24. The van der Waals surface area contributed by atoms with E-state index in [1.54, 1.807) is 31.5 Å². The van der Waals surface area contributed by atoms with Gasteiger partial charge in [-0.3, -0.25) is 4.79 Å². The van der Waals surface area contributed by atoms with Crippen molar-refractivity contribution in [3.8, 4) is 17.1 Å². The highest BCUT2D eigenvalue weighted by atomic mass is 19.1. The van der Waals surface area contributed by atoms with E-state index in [9.17, 15) is 9.18 Å². The van der Waals surface area contributed by atoms with Crippen molar-refractivity contribution in [2.45, 2.75) is 25.8 Å². The van der Waals surface area contributed by atoms with Gasteiger partial charge in [-0.1, -0.05) is 29.4 Å². The molecule has 8 nitrogen and oxygen atoms in total. The van der Waals surface area contributed by atoms with Crippen molar-refractivity contribution < 1.29 is 22.8 Å². The molecule has 0 amide bonds. The van der Waals surface area contributed by atoms with Gasteiger partial charge in [-0.05, 0) is 61.4 Å². The fraction of sp³-hybridized carbons (Fsp3) is 0.281. The third-order valence-electron chi connectivity index (χ3n) is 7.78. The molecule has 0 saturated carbocycles. The molecule has 0 aliphatic carbocycles. The van der Waals surface area contributed by atoms with E-state index in [2.05, 4.69) is 10.1 Å². The van der Waals surface area contributed by atoms with Crippen molar-refractivity contribution in [3.05, 3.63) is 106 Å². The number of rotatable bonds is 7. The quantitative estimate of drug-likeness (QED) is 0.253. The summed E-state index contributed by atoms with van der Waals surface area (Å²) in [6.45, 7) is 6.27. The van der Waals surface area contributed by atoms with Gasteiger partial charge in [0.05, 0.1) is 42.5 Å². The second-order valence-electron chi connectivity index (χ2n) is 10.8. The van der Waals surface area contributed by atoms with Gasteiger partial charge >= 0.3 is 0 Å². The van der Waals surface area contributed by atoms with Crippen LogP contribution in [0.3, 0.4) is 0 Å². The average molecular weight is 573 g/mol. The first kappa shape index (κ1) is 27.6. The van der Waals surface area contributed by atoms with Crippen molar-refractivity contribution in [2.24, 2.45) is 0 Å². The minimum atomic E-state index is -0.753. The Bertz CT molecular complexity index is 1790. The zero-order valence-corrected chi connectivity index (χ0v) is 23.6. The third kappa shape index (κ3) is 5.14. The van der Waals surface area contributed by atoms with Crippen molar-refractivity contribution in [1.82, 2.24) is 14.7 Å². The number of methoxy groups -OCH3 is 1. The van der Waals surface area contributed by atoms with Crippen LogP contribution >= 0.6 is 0 Å². The summed E-state index contributed by atoms with van der Waals surface area (Å²) in [7, 11) is 1.61. The highest BCUT2D eigenvalue weighted by Gasteiger charge is 2.31. The maximum absolute atomic E-state index is 15.5. The fourth-order valence-corrected chi connectivity index (χ4v) is 5.24. The van der Waals surface area contributed by atoms with Crippen LogP contribution in [0.15, 0.2) is 76.2 Å². The summed E-state index contributed by atoms with van der Waals surface area (Å²) in [5, 5.41) is 4.35. The van der Waals surface area contributed by atoms with Gasteiger partial charge in [-0.25, -0.2) is 8.78 Å². The Hall–Kier alpha value is -4.57. The molecule has 216 valence electrons. The standard InChI is InChI=1S/C32H30F2N4O4/c1-32(2,21-6-8-22(33)9-7-21)31-35-30(36-42-31)25-19-38(18-20-4-10-23(40-3)11-5-20)27-17-28(37-12-14-41-15-13-37)26(34)16-24(27)29(25)39/h4-11,16-17,19H,12-15,18H2,1-3H3. The number of fused-ring (bicyclic) bond motifs is 1. The van der Waals surface area contributed by atoms with Gasteiger partial charge in [0.1, 0.15) is 17.4 Å². The van der Waals surface area contributed by atoms with Crippen molar-refractivity contribution in [3.63, 3.8) is 0 Å². The van der Waals surface area contributed by atoms with Crippen LogP contribution in [-0.4, -0.2) is 48.1 Å². The molecule has 2 aromatic heterocycles. The number of anilines is 1. The Labute approximate surface area is 241 Å². The van der Waals surface area contributed by atoms with E-state index in [1.807, 2.05) is 47.6 Å². The predicted molar refractivity (Wildman–Crippen MR) is 155 cm³/mol. The maximum Gasteiger partial charge on any atom is 0.237 e. The van der Waals surface area contributed by atoms with Crippen molar-refractivity contribution in [1.29, 1.82) is 0 Å². The molecule has 3 heterocycles. The molecule has 1 fully saturated rings. The number of hydrogen-bond donors (Lipinski definition) is 0. The van der Waals surface area contributed by atoms with Crippen LogP contribution in [-0.2, 0) is 16.7 Å². The number of morpholine rings is 1. The van der Waals surface area contributed by atoms with Gasteiger partial charge in [0.25, 0.3) is 0 Å². The van der Waals surface area contributed by atoms with Crippen LogP contribution in [0.25, 0.3) is 22.3 Å². The van der Waals surface area contributed by atoms with E-state index in [4.69, 9.17) is 14.0 Å². The zero-order chi connectivity index (χ0) is 29.4. The second kappa shape index (κ2) is 11.0. The zero-order valence-electron chi connectivity index (χ0n) is 23.6. The SMILES string of the molecule is COc1ccc(Cn2cc(-c3noc(C(C)(C)c4ccc(F)cc4)n3)c(=O)c3cc(F)c(N4CCOCC4)cc32)cc1. The highest BCUT2D eigenvalue weighted by Crippen LogP contribution is 2.32. The van der Waals surface area contributed by atoms with Crippen LogP contribution in [0.1, 0.15) is 30.9 Å². The molecule has 10 heteroatoms. The highest BCUT2D eigenvalue weighted by molar-refractivity contribution is 5.86. The Morgan fingerprint density at radius 1 is 1.00 bits per heavy atom. The second-order valence-corrected chi connectivity index (χ2v) is 10.8. The summed E-state index contributed by atoms with van der Waals surface area (Å²) in [5.41, 5.74) is 1.75. The Kier molecular flexibility index (Phi) is 7.24. The van der Waals surface area contributed by atoms with Crippen LogP contribution < -0.4 is 15.1 Å². The van der Waals surface area contributed by atoms with E-state index in [0.717, 1.165) is 16.9 Å². The summed E-state index contributed by atoms with van der Waals surface area (Å²) < 4.78 is 47.3. The third-order valence-corrected chi connectivity index (χ3v) is 7.78. The van der Waals surface area contributed by atoms with E-state index in [1.165, 1.54) is 18.2 Å². The molecule has 1 saturated heterocycles. The smallest absolute Gasteiger partial charge is 0.237 e. The number of aromatic nitrogens is 3. The topological polar surface area (TPSA) is 82.6 Å². The first-order valence-corrected chi connectivity index (χ1v) is 13.7. The molecular formula is C32H30F2N4O4. The maximum atomic E-state index is 15.5. The number of benzene rings is 3. The van der Waals surface area contributed by atoms with Gasteiger partial charge < -0.3 is 23.5 Å². The predicted octanol–water partition coefficient (Wildman–Crippen LogP) is 5.55. The molecule has 0 N–H and O–H groups in total. The van der Waals surface area contributed by atoms with E-state index >= 15 is 4.39 Å². The first-order chi connectivity index (χ1) is 20.2. The number of ether oxygens (including phenoxy) is 2. The molecule has 1 aliphatic heterocycles. The molecule has 0 atom stereocenters. The number of halogens is 2. The number of hydrogen-bond acceptors (Lipinski definition) is 7. The molecule has 0 radical (unpaired) electrons. The van der Waals surface area contributed by atoms with Gasteiger partial charge in [-0.15, -0.1) is 0 Å². The van der Waals surface area contributed by atoms with Gasteiger partial charge in [-0.2, -0.15) is 4.98 Å². The van der Waals surface area contributed by atoms with Crippen molar-refractivity contribution >= 4 is 16.6 Å². The Morgan fingerprint density at radius 2 is 1.71 bits per heavy atom. The number of pyridine rings is 1. The van der Waals surface area contributed by atoms with Crippen LogP contribution in [0, 0.1) is 11.6 Å². The molecule has 5 aromatic rings. The molecule has 3 aromatic carbocycles. The Morgan fingerprint density at radius 3 is 2.40 bits per heavy atom. The minimum absolute atomic E-state index is 0.0910. The molecular weight excluding hydrogens is 542 g/mol. The summed E-state index contributed by atoms with van der Waals surface area (Å²) in [4.78, 5) is 20.3. The molecule has 6 rings (SSSR count). The van der Waals surface area contributed by atoms with Gasteiger partial charge in [0.2, 0.25) is 17.1 Å². The monoisotopic (exact) mass is 572 g/mol. The molecule has 0 unspecified atom stereocenters. The molecule has 1 aliphatic rings. The lowest BCUT2D eigenvalue weighted by atomic mass is 9.84. The van der Waals surface area contributed by atoms with E-state index in [-0.39, 0.29) is 28.5 Å². The number of nitrogens with zero attached hydrogens (tertiary/aromatic N) is 4. The normalized spacial score (nSPS) is 14.0. The largest absolute Gasteiger partial charge is 0.497 e. The molecule has 0 spiro atoms. The van der Waals surface area contributed by atoms with Crippen molar-refractivity contribution in [2.75, 3.05) is 38.3 Å². The van der Waals surface area contributed by atoms with Crippen LogP contribution in [0.5, 0.6) is 5.75 Å². The van der Waals surface area contributed by atoms with E-state index < -0.39 is 16.7 Å². The lowest BCUT2D eigenvalue weighted by Crippen LogP contribution is -2.36. The van der Waals surface area contributed by atoms with Crippen LogP contribution in [0.4, 0.5) is 14.5 Å². The molecule has 0 bridgehead atoms. The summed E-state index contributed by atoms with van der Waals surface area (Å²) in [5.74, 6) is 0.246. The van der Waals surface area contributed by atoms with Gasteiger partial charge in [0.15, 0.2) is 0 Å². The van der Waals surface area contributed by atoms with Gasteiger partial charge in [0, 0.05) is 31.2 Å². The average Bonchev–Trinajstić information content (AvgIpc) is 3.51. The Balaban J connectivity index is 1.47. The first-order valence-electron chi connectivity index (χ1n) is 13.7. The van der Waals surface area contributed by atoms with E-state index in [0.29, 0.717) is 44.1 Å². The minimum Gasteiger partial charge on any atom is -0.497 e. The lowest BCUT2D eigenvalue weighted by molar-refractivity contribution is 0.122. The summed E-state index contributed by atoms with van der Waals surface area (Å²) in [6.07, 6.45) is 1.69. The molecule has 42 heavy (non-hydrogen) atoms. The summed E-state index contributed by atoms with van der Waals surface area (Å²) >= 11 is 0. The van der Waals surface area contributed by atoms with Crippen LogP contribution in [0.2, 0.25) is 0 Å². The lowest BCUT2D eigenvalue weighted by Gasteiger charge is -2.29.